The summed E-state index contributed by atoms with van der Waals surface area (Å²) in [5.74, 6) is 0.381. The number of rotatable bonds is 4. The molecule has 92 valence electrons. The monoisotopic (exact) mass is 227 g/mol. The van der Waals surface area contributed by atoms with Crippen LogP contribution in [-0.2, 0) is 9.53 Å². The van der Waals surface area contributed by atoms with Crippen molar-refractivity contribution >= 4 is 5.91 Å². The van der Waals surface area contributed by atoms with Crippen molar-refractivity contribution in [3.05, 3.63) is 0 Å². The number of ether oxygens (including phenoxy) is 1. The van der Waals surface area contributed by atoms with E-state index in [9.17, 15) is 4.79 Å². The lowest BCUT2D eigenvalue weighted by atomic mass is 10.0. The van der Waals surface area contributed by atoms with Crippen LogP contribution < -0.4 is 10.6 Å². The molecule has 0 aromatic rings. The van der Waals surface area contributed by atoms with Crippen LogP contribution in [0.1, 0.15) is 6.92 Å². The summed E-state index contributed by atoms with van der Waals surface area (Å²) in [4.78, 5) is 14.0. The van der Waals surface area contributed by atoms with Crippen molar-refractivity contribution in [2.45, 2.75) is 13.0 Å². The van der Waals surface area contributed by atoms with Crippen LogP contribution in [0.4, 0.5) is 0 Å². The highest BCUT2D eigenvalue weighted by atomic mass is 16.5. The number of carbonyl (C=O) groups is 1. The zero-order valence-electron chi connectivity index (χ0n) is 9.87. The normalized spacial score (nSPS) is 24.8. The fraction of sp³-hybridized carbons (Fsp3) is 0.909. The number of hydrogen-bond acceptors (Lipinski definition) is 4. The molecule has 1 atom stereocenters. The zero-order chi connectivity index (χ0) is 11.4. The fourth-order valence-corrected chi connectivity index (χ4v) is 2.05. The molecule has 0 aliphatic carbocycles. The van der Waals surface area contributed by atoms with E-state index in [4.69, 9.17) is 4.74 Å². The predicted octanol–water partition coefficient (Wildman–Crippen LogP) is -0.957. The molecule has 5 nitrogen and oxygen atoms in total. The van der Waals surface area contributed by atoms with Crippen molar-refractivity contribution in [1.82, 2.24) is 15.5 Å². The molecule has 2 N–H and O–H groups in total. The highest BCUT2D eigenvalue weighted by Crippen LogP contribution is 2.04. The van der Waals surface area contributed by atoms with E-state index in [1.165, 1.54) is 0 Å². The smallest absolute Gasteiger partial charge is 0.225 e. The molecule has 0 radical (unpaired) electrons. The molecule has 2 aliphatic rings. The summed E-state index contributed by atoms with van der Waals surface area (Å²) in [6, 6.07) is 0.228. The molecule has 2 fully saturated rings. The Morgan fingerprint density at radius 3 is 2.75 bits per heavy atom. The van der Waals surface area contributed by atoms with Gasteiger partial charge in [-0.05, 0) is 6.92 Å². The maximum absolute atomic E-state index is 11.7. The fourth-order valence-electron chi connectivity index (χ4n) is 2.05. The maximum atomic E-state index is 11.7. The van der Waals surface area contributed by atoms with E-state index in [1.54, 1.807) is 0 Å². The van der Waals surface area contributed by atoms with E-state index in [2.05, 4.69) is 22.5 Å². The van der Waals surface area contributed by atoms with Crippen LogP contribution in [0, 0.1) is 5.92 Å². The molecule has 2 rings (SSSR count). The first-order valence-corrected chi connectivity index (χ1v) is 6.07. The first kappa shape index (κ1) is 11.8. The summed E-state index contributed by atoms with van der Waals surface area (Å²) in [5, 5.41) is 6.18. The Kier molecular flexibility index (Phi) is 4.15. The van der Waals surface area contributed by atoms with E-state index in [1.807, 2.05) is 0 Å². The Bertz CT molecular complexity index is 237. The SMILES string of the molecule is CC(CN1CCOCC1)NC(=O)C1CNC1. The van der Waals surface area contributed by atoms with Crippen LogP contribution in [0.5, 0.6) is 0 Å². The van der Waals surface area contributed by atoms with Gasteiger partial charge in [0.1, 0.15) is 0 Å². The van der Waals surface area contributed by atoms with Gasteiger partial charge < -0.3 is 15.4 Å². The molecule has 0 aromatic carbocycles. The molecular weight excluding hydrogens is 206 g/mol. The summed E-state index contributed by atoms with van der Waals surface area (Å²) in [6.07, 6.45) is 0. The van der Waals surface area contributed by atoms with E-state index in [-0.39, 0.29) is 17.9 Å². The summed E-state index contributed by atoms with van der Waals surface area (Å²) < 4.78 is 5.29. The Hall–Kier alpha value is -0.650. The number of carbonyl (C=O) groups excluding carboxylic acids is 1. The molecule has 0 aromatic heterocycles. The molecule has 0 saturated carbocycles. The van der Waals surface area contributed by atoms with Crippen LogP contribution in [0.15, 0.2) is 0 Å². The highest BCUT2D eigenvalue weighted by molar-refractivity contribution is 5.80. The van der Waals surface area contributed by atoms with E-state index >= 15 is 0 Å². The lowest BCUT2D eigenvalue weighted by Crippen LogP contribution is -2.54. The standard InChI is InChI=1S/C11H21N3O2/c1-9(8-14-2-4-16-5-3-14)13-11(15)10-6-12-7-10/h9-10,12H,2-8H2,1H3,(H,13,15). The molecule has 0 bridgehead atoms. The van der Waals surface area contributed by atoms with Gasteiger partial charge in [-0.2, -0.15) is 0 Å². The second kappa shape index (κ2) is 5.61. The number of amides is 1. The Balaban J connectivity index is 1.66. The molecule has 0 spiro atoms. The molecule has 1 unspecified atom stereocenters. The third-order valence-corrected chi connectivity index (χ3v) is 3.18. The number of hydrogen-bond donors (Lipinski definition) is 2. The Morgan fingerprint density at radius 2 is 2.19 bits per heavy atom. The minimum atomic E-state index is 0.187. The van der Waals surface area contributed by atoms with E-state index in [0.717, 1.165) is 45.9 Å². The molecule has 2 saturated heterocycles. The van der Waals surface area contributed by atoms with Crippen LogP contribution in [0.3, 0.4) is 0 Å². The van der Waals surface area contributed by atoms with Gasteiger partial charge in [0.15, 0.2) is 0 Å². The molecule has 5 heteroatoms. The Morgan fingerprint density at radius 1 is 1.50 bits per heavy atom. The van der Waals surface area contributed by atoms with Gasteiger partial charge in [-0.1, -0.05) is 0 Å². The van der Waals surface area contributed by atoms with Crippen molar-refractivity contribution < 1.29 is 9.53 Å². The predicted molar refractivity (Wildman–Crippen MR) is 61.2 cm³/mol. The lowest BCUT2D eigenvalue weighted by molar-refractivity contribution is -0.127. The van der Waals surface area contributed by atoms with Gasteiger partial charge >= 0.3 is 0 Å². The largest absolute Gasteiger partial charge is 0.379 e. The van der Waals surface area contributed by atoms with Crippen LogP contribution >= 0.6 is 0 Å². The highest BCUT2D eigenvalue weighted by Gasteiger charge is 2.26. The first-order valence-electron chi connectivity index (χ1n) is 6.07. The van der Waals surface area contributed by atoms with Crippen molar-refractivity contribution in [2.75, 3.05) is 45.9 Å². The van der Waals surface area contributed by atoms with Gasteiger partial charge in [0, 0.05) is 38.8 Å². The van der Waals surface area contributed by atoms with Gasteiger partial charge in [0.2, 0.25) is 5.91 Å². The Labute approximate surface area is 96.5 Å². The number of nitrogens with zero attached hydrogens (tertiary/aromatic N) is 1. The minimum Gasteiger partial charge on any atom is -0.379 e. The molecule has 2 heterocycles. The molecule has 16 heavy (non-hydrogen) atoms. The van der Waals surface area contributed by atoms with Crippen molar-refractivity contribution in [1.29, 1.82) is 0 Å². The van der Waals surface area contributed by atoms with Crippen molar-refractivity contribution in [2.24, 2.45) is 5.92 Å². The van der Waals surface area contributed by atoms with Crippen molar-refractivity contribution in [3.8, 4) is 0 Å². The van der Waals surface area contributed by atoms with Crippen molar-refractivity contribution in [3.63, 3.8) is 0 Å². The second-order valence-electron chi connectivity index (χ2n) is 4.68. The molecule has 2 aliphatic heterocycles. The van der Waals surface area contributed by atoms with E-state index in [0.29, 0.717) is 0 Å². The van der Waals surface area contributed by atoms with Crippen LogP contribution in [0.2, 0.25) is 0 Å². The summed E-state index contributed by atoms with van der Waals surface area (Å²) in [5.41, 5.74) is 0. The van der Waals surface area contributed by atoms with Gasteiger partial charge in [0.05, 0.1) is 19.1 Å². The molecule has 1 amide bonds. The average molecular weight is 227 g/mol. The zero-order valence-corrected chi connectivity index (χ0v) is 9.87. The lowest BCUT2D eigenvalue weighted by Gasteiger charge is -2.31. The first-order chi connectivity index (χ1) is 7.75. The molecular formula is C11H21N3O2. The topological polar surface area (TPSA) is 53.6 Å². The minimum absolute atomic E-state index is 0.187. The summed E-state index contributed by atoms with van der Waals surface area (Å²) in [7, 11) is 0. The number of nitrogens with one attached hydrogen (secondary N) is 2. The number of morpholine rings is 1. The van der Waals surface area contributed by atoms with E-state index < -0.39 is 0 Å². The quantitative estimate of drug-likeness (QED) is 0.650. The average Bonchev–Trinajstić information content (AvgIpc) is 2.15. The van der Waals surface area contributed by atoms with Crippen LogP contribution in [0.25, 0.3) is 0 Å². The second-order valence-corrected chi connectivity index (χ2v) is 4.68. The van der Waals surface area contributed by atoms with Gasteiger partial charge in [0.25, 0.3) is 0 Å². The summed E-state index contributed by atoms with van der Waals surface area (Å²) in [6.45, 7) is 8.23. The van der Waals surface area contributed by atoms with Crippen LogP contribution in [-0.4, -0.2) is 62.8 Å². The third kappa shape index (κ3) is 3.17. The van der Waals surface area contributed by atoms with Gasteiger partial charge in [-0.25, -0.2) is 0 Å². The summed E-state index contributed by atoms with van der Waals surface area (Å²) >= 11 is 0. The third-order valence-electron chi connectivity index (χ3n) is 3.18. The van der Waals surface area contributed by atoms with Gasteiger partial charge in [-0.15, -0.1) is 0 Å². The maximum Gasteiger partial charge on any atom is 0.225 e. The van der Waals surface area contributed by atoms with Gasteiger partial charge in [-0.3, -0.25) is 9.69 Å².